The average Bonchev–Trinajstić information content (AvgIpc) is 2.54. The van der Waals surface area contributed by atoms with Crippen molar-refractivity contribution in [2.24, 2.45) is 11.3 Å². The number of rotatable bonds is 3. The van der Waals surface area contributed by atoms with Crippen molar-refractivity contribution in [2.75, 3.05) is 13.2 Å². The summed E-state index contributed by atoms with van der Waals surface area (Å²) in [6.07, 6.45) is 3.51. The molecule has 1 aromatic rings. The zero-order chi connectivity index (χ0) is 16.7. The highest BCUT2D eigenvalue weighted by atomic mass is 19.1. The molecule has 2 saturated carbocycles. The zero-order valence-corrected chi connectivity index (χ0v) is 13.7. The predicted molar refractivity (Wildman–Crippen MR) is 86.9 cm³/mol. The van der Waals surface area contributed by atoms with Crippen molar-refractivity contribution < 1.29 is 19.0 Å². The van der Waals surface area contributed by atoms with Gasteiger partial charge in [0.2, 0.25) is 5.91 Å². The third-order valence-corrected chi connectivity index (χ3v) is 6.39. The van der Waals surface area contributed by atoms with Crippen molar-refractivity contribution in [1.29, 1.82) is 0 Å². The van der Waals surface area contributed by atoms with Crippen LogP contribution in [0.5, 0.6) is 0 Å². The van der Waals surface area contributed by atoms with Crippen molar-refractivity contribution in [3.8, 4) is 0 Å². The minimum absolute atomic E-state index is 0.00732. The molecule has 1 spiro atoms. The molecule has 0 bridgehead atoms. The SMILES string of the molecule is O=C(N[C@@H]1C[C@@H](O)C12CCOCC2)C1CC(c2cccc(F)c2)C1. The minimum atomic E-state index is -0.326. The molecule has 0 radical (unpaired) electrons. The maximum absolute atomic E-state index is 13.3. The van der Waals surface area contributed by atoms with Crippen molar-refractivity contribution in [1.82, 2.24) is 5.32 Å². The Kier molecular flexibility index (Phi) is 4.09. The fourth-order valence-electron chi connectivity index (χ4n) is 4.55. The van der Waals surface area contributed by atoms with Gasteiger partial charge in [-0.05, 0) is 55.7 Å². The average molecular weight is 333 g/mol. The summed E-state index contributed by atoms with van der Waals surface area (Å²) >= 11 is 0. The van der Waals surface area contributed by atoms with Crippen LogP contribution in [0.2, 0.25) is 0 Å². The summed E-state index contributed by atoms with van der Waals surface area (Å²) in [5, 5.41) is 13.4. The Morgan fingerprint density at radius 2 is 2.00 bits per heavy atom. The van der Waals surface area contributed by atoms with Crippen molar-refractivity contribution >= 4 is 5.91 Å². The maximum Gasteiger partial charge on any atom is 0.223 e. The minimum Gasteiger partial charge on any atom is -0.392 e. The van der Waals surface area contributed by atoms with Crippen LogP contribution in [0.4, 0.5) is 4.39 Å². The van der Waals surface area contributed by atoms with Gasteiger partial charge in [0.05, 0.1) is 6.10 Å². The van der Waals surface area contributed by atoms with E-state index >= 15 is 0 Å². The van der Waals surface area contributed by atoms with E-state index in [0.717, 1.165) is 31.2 Å². The Morgan fingerprint density at radius 1 is 1.25 bits per heavy atom. The molecule has 4 rings (SSSR count). The fourth-order valence-corrected chi connectivity index (χ4v) is 4.55. The van der Waals surface area contributed by atoms with Gasteiger partial charge in [0.15, 0.2) is 0 Å². The van der Waals surface area contributed by atoms with Gasteiger partial charge in [0.1, 0.15) is 5.82 Å². The first-order chi connectivity index (χ1) is 11.6. The first kappa shape index (κ1) is 16.0. The molecule has 1 saturated heterocycles. The molecule has 1 aromatic carbocycles. The number of benzene rings is 1. The van der Waals surface area contributed by atoms with Gasteiger partial charge in [0.25, 0.3) is 0 Å². The lowest BCUT2D eigenvalue weighted by molar-refractivity contribution is -0.158. The third-order valence-electron chi connectivity index (χ3n) is 6.39. The highest BCUT2D eigenvalue weighted by Gasteiger charge is 2.55. The molecule has 2 atom stereocenters. The van der Waals surface area contributed by atoms with Crippen LogP contribution in [-0.2, 0) is 9.53 Å². The van der Waals surface area contributed by atoms with Gasteiger partial charge in [-0.25, -0.2) is 4.39 Å². The van der Waals surface area contributed by atoms with Crippen LogP contribution < -0.4 is 5.32 Å². The number of aliphatic hydroxyl groups is 1. The summed E-state index contributed by atoms with van der Waals surface area (Å²) in [4.78, 5) is 12.5. The Bertz CT molecular complexity index is 623. The molecule has 130 valence electrons. The normalized spacial score (nSPS) is 34.2. The molecule has 3 fully saturated rings. The Labute approximate surface area is 141 Å². The van der Waals surface area contributed by atoms with Crippen molar-refractivity contribution in [2.45, 2.75) is 50.2 Å². The molecule has 3 aliphatic rings. The van der Waals surface area contributed by atoms with Crippen LogP contribution in [0.15, 0.2) is 24.3 Å². The van der Waals surface area contributed by atoms with Crippen LogP contribution in [0.3, 0.4) is 0 Å². The molecule has 1 heterocycles. The van der Waals surface area contributed by atoms with Gasteiger partial charge < -0.3 is 15.2 Å². The van der Waals surface area contributed by atoms with E-state index in [9.17, 15) is 14.3 Å². The molecule has 0 aromatic heterocycles. The van der Waals surface area contributed by atoms with E-state index in [2.05, 4.69) is 5.32 Å². The quantitative estimate of drug-likeness (QED) is 0.893. The summed E-state index contributed by atoms with van der Waals surface area (Å²) in [5.74, 6) is 0.157. The van der Waals surface area contributed by atoms with Gasteiger partial charge in [-0.15, -0.1) is 0 Å². The first-order valence-electron chi connectivity index (χ1n) is 8.90. The molecule has 4 nitrogen and oxygen atoms in total. The predicted octanol–water partition coefficient (Wildman–Crippen LogP) is 2.37. The monoisotopic (exact) mass is 333 g/mol. The molecule has 5 heteroatoms. The van der Waals surface area contributed by atoms with Crippen molar-refractivity contribution in [3.63, 3.8) is 0 Å². The van der Waals surface area contributed by atoms with Gasteiger partial charge in [-0.3, -0.25) is 4.79 Å². The second-order valence-electron chi connectivity index (χ2n) is 7.58. The van der Waals surface area contributed by atoms with Gasteiger partial charge in [-0.2, -0.15) is 0 Å². The molecule has 1 amide bonds. The van der Waals surface area contributed by atoms with E-state index in [1.165, 1.54) is 6.07 Å². The van der Waals surface area contributed by atoms with Crippen molar-refractivity contribution in [3.05, 3.63) is 35.6 Å². The Morgan fingerprint density at radius 3 is 2.67 bits per heavy atom. The number of carbonyl (C=O) groups excluding carboxylic acids is 1. The van der Waals surface area contributed by atoms with Crippen LogP contribution >= 0.6 is 0 Å². The number of hydrogen-bond acceptors (Lipinski definition) is 3. The van der Waals surface area contributed by atoms with E-state index in [0.29, 0.717) is 19.6 Å². The highest BCUT2D eigenvalue weighted by Crippen LogP contribution is 2.49. The van der Waals surface area contributed by atoms with Gasteiger partial charge in [-0.1, -0.05) is 12.1 Å². The largest absolute Gasteiger partial charge is 0.392 e. The topological polar surface area (TPSA) is 58.6 Å². The third kappa shape index (κ3) is 2.64. The number of nitrogens with one attached hydrogen (secondary N) is 1. The van der Waals surface area contributed by atoms with E-state index in [1.54, 1.807) is 12.1 Å². The molecule has 0 unspecified atom stereocenters. The first-order valence-corrected chi connectivity index (χ1v) is 8.90. The Balaban J connectivity index is 1.32. The maximum atomic E-state index is 13.3. The number of aliphatic hydroxyl groups excluding tert-OH is 1. The Hall–Kier alpha value is -1.46. The summed E-state index contributed by atoms with van der Waals surface area (Å²) in [5.41, 5.74) is 0.804. The smallest absolute Gasteiger partial charge is 0.223 e. The summed E-state index contributed by atoms with van der Waals surface area (Å²) in [6, 6.07) is 6.74. The molecule has 24 heavy (non-hydrogen) atoms. The molecular formula is C19H24FNO3. The summed E-state index contributed by atoms with van der Waals surface area (Å²) < 4.78 is 18.7. The fraction of sp³-hybridized carbons (Fsp3) is 0.632. The van der Waals surface area contributed by atoms with Crippen LogP contribution in [-0.4, -0.2) is 36.4 Å². The van der Waals surface area contributed by atoms with Crippen LogP contribution in [0.1, 0.15) is 43.6 Å². The summed E-state index contributed by atoms with van der Waals surface area (Å²) in [6.45, 7) is 1.32. The zero-order valence-electron chi connectivity index (χ0n) is 13.7. The van der Waals surface area contributed by atoms with Gasteiger partial charge in [0, 0.05) is 30.6 Å². The lowest BCUT2D eigenvalue weighted by atomic mass is 9.57. The van der Waals surface area contributed by atoms with E-state index in [4.69, 9.17) is 4.74 Å². The number of carbonyl (C=O) groups is 1. The van der Waals surface area contributed by atoms with Gasteiger partial charge >= 0.3 is 0 Å². The van der Waals surface area contributed by atoms with Crippen LogP contribution in [0.25, 0.3) is 0 Å². The molecule has 1 aliphatic heterocycles. The molecule has 2 aliphatic carbocycles. The lowest BCUT2D eigenvalue weighted by Gasteiger charge is -2.56. The number of halogens is 1. The van der Waals surface area contributed by atoms with E-state index in [-0.39, 0.29) is 41.1 Å². The number of ether oxygens (including phenoxy) is 1. The second-order valence-corrected chi connectivity index (χ2v) is 7.58. The lowest BCUT2D eigenvalue weighted by Crippen LogP contribution is -2.66. The number of amides is 1. The van der Waals surface area contributed by atoms with Crippen LogP contribution in [0, 0.1) is 17.2 Å². The highest BCUT2D eigenvalue weighted by molar-refractivity contribution is 5.80. The number of hydrogen-bond donors (Lipinski definition) is 2. The van der Waals surface area contributed by atoms with E-state index < -0.39 is 0 Å². The van der Waals surface area contributed by atoms with E-state index in [1.807, 2.05) is 6.07 Å². The standard InChI is InChI=1S/C19H24FNO3/c20-15-3-1-2-12(10-15)13-8-14(9-13)18(23)21-16-11-17(22)19(16)4-6-24-7-5-19/h1-3,10,13-14,16-17,22H,4-9,11H2,(H,21,23)/t13?,14?,16-,17-/m1/s1. The molecule has 2 N–H and O–H groups in total. The second kappa shape index (κ2) is 6.12. The molecular weight excluding hydrogens is 309 g/mol. The summed E-state index contributed by atoms with van der Waals surface area (Å²) in [7, 11) is 0.